The molecule has 0 saturated carbocycles. The molecule has 0 radical (unpaired) electrons. The fraction of sp³-hybridized carbons (Fsp3) is 0.267. The third-order valence-electron chi connectivity index (χ3n) is 2.94. The third kappa shape index (κ3) is 3.73. The zero-order valence-electron chi connectivity index (χ0n) is 12.3. The van der Waals surface area contributed by atoms with Gasteiger partial charge in [-0.05, 0) is 30.7 Å². The predicted molar refractivity (Wildman–Crippen MR) is 87.4 cm³/mol. The first-order valence-electron chi connectivity index (χ1n) is 6.78. The van der Waals surface area contributed by atoms with Crippen LogP contribution in [0.15, 0.2) is 39.6 Å². The number of ether oxygens (including phenoxy) is 1. The molecule has 116 valence electrons. The maximum atomic E-state index is 12.3. The highest BCUT2D eigenvalue weighted by Gasteiger charge is 2.13. The summed E-state index contributed by atoms with van der Waals surface area (Å²) in [7, 11) is 1.53. The summed E-state index contributed by atoms with van der Waals surface area (Å²) < 4.78 is 7.30. The van der Waals surface area contributed by atoms with Crippen molar-refractivity contribution < 1.29 is 9.53 Å². The summed E-state index contributed by atoms with van der Waals surface area (Å²) in [6.45, 7) is 2.41. The molecular weight excluding hydrogens is 350 g/mol. The third-order valence-corrected chi connectivity index (χ3v) is 3.44. The summed E-state index contributed by atoms with van der Waals surface area (Å²) in [5.41, 5.74) is 0.477. The van der Waals surface area contributed by atoms with E-state index in [2.05, 4.69) is 26.3 Å². The van der Waals surface area contributed by atoms with Crippen LogP contribution in [0, 0.1) is 0 Å². The minimum atomic E-state index is -0.402. The van der Waals surface area contributed by atoms with Gasteiger partial charge in [0.1, 0.15) is 11.4 Å². The monoisotopic (exact) mass is 365 g/mol. The highest BCUT2D eigenvalue weighted by molar-refractivity contribution is 9.10. The number of nitrogens with one attached hydrogen (secondary N) is 1. The van der Waals surface area contributed by atoms with E-state index in [1.807, 2.05) is 13.0 Å². The second-order valence-corrected chi connectivity index (χ2v) is 5.49. The maximum absolute atomic E-state index is 12.3. The van der Waals surface area contributed by atoms with Gasteiger partial charge < -0.3 is 10.1 Å². The molecule has 1 aromatic heterocycles. The maximum Gasteiger partial charge on any atom is 0.276 e. The van der Waals surface area contributed by atoms with Gasteiger partial charge in [-0.15, -0.1) is 0 Å². The number of halogens is 1. The van der Waals surface area contributed by atoms with Crippen LogP contribution < -0.4 is 15.6 Å². The van der Waals surface area contributed by atoms with Crippen LogP contribution in [0.2, 0.25) is 0 Å². The smallest absolute Gasteiger partial charge is 0.276 e. The summed E-state index contributed by atoms with van der Waals surface area (Å²) in [6, 6.07) is 8.04. The number of rotatable bonds is 5. The van der Waals surface area contributed by atoms with Crippen LogP contribution in [0.4, 0.5) is 5.69 Å². The Hall–Kier alpha value is -2.15. The molecule has 0 fully saturated rings. The van der Waals surface area contributed by atoms with E-state index in [9.17, 15) is 9.59 Å². The van der Waals surface area contributed by atoms with Crippen molar-refractivity contribution in [3.05, 3.63) is 50.9 Å². The molecule has 1 N–H and O–H groups in total. The van der Waals surface area contributed by atoms with E-state index >= 15 is 0 Å². The van der Waals surface area contributed by atoms with Gasteiger partial charge in [0.05, 0.1) is 12.8 Å². The second kappa shape index (κ2) is 7.22. The summed E-state index contributed by atoms with van der Waals surface area (Å²) in [5.74, 6) is 0.139. The lowest BCUT2D eigenvalue weighted by Gasteiger charge is -2.11. The number of amides is 1. The number of nitrogens with zero attached hydrogens (tertiary/aromatic N) is 2. The van der Waals surface area contributed by atoms with Gasteiger partial charge in [-0.25, -0.2) is 4.68 Å². The molecule has 1 heterocycles. The van der Waals surface area contributed by atoms with Crippen molar-refractivity contribution in [3.8, 4) is 5.75 Å². The Morgan fingerprint density at radius 1 is 1.36 bits per heavy atom. The van der Waals surface area contributed by atoms with Gasteiger partial charge in [-0.3, -0.25) is 9.59 Å². The largest absolute Gasteiger partial charge is 0.495 e. The molecule has 0 atom stereocenters. The van der Waals surface area contributed by atoms with Crippen molar-refractivity contribution in [2.24, 2.45) is 0 Å². The van der Waals surface area contributed by atoms with E-state index in [-0.39, 0.29) is 11.3 Å². The van der Waals surface area contributed by atoms with E-state index in [1.165, 1.54) is 23.9 Å². The quantitative estimate of drug-likeness (QED) is 0.883. The zero-order chi connectivity index (χ0) is 16.1. The molecule has 0 saturated heterocycles. The molecule has 2 rings (SSSR count). The number of methoxy groups -OCH3 is 1. The first-order chi connectivity index (χ1) is 10.5. The standard InChI is InChI=1S/C15H16BrN3O3/c1-3-8-19-14(20)7-5-11(18-19)15(21)17-12-9-10(16)4-6-13(12)22-2/h4-7,9H,3,8H2,1-2H3,(H,17,21). The van der Waals surface area contributed by atoms with Gasteiger partial charge in [-0.1, -0.05) is 22.9 Å². The molecule has 1 amide bonds. The molecule has 0 spiro atoms. The van der Waals surface area contributed by atoms with Crippen molar-refractivity contribution in [1.29, 1.82) is 0 Å². The lowest BCUT2D eigenvalue weighted by molar-refractivity contribution is 0.101. The Labute approximate surface area is 136 Å². The summed E-state index contributed by atoms with van der Waals surface area (Å²) >= 11 is 3.35. The molecule has 6 nitrogen and oxygen atoms in total. The lowest BCUT2D eigenvalue weighted by atomic mass is 10.2. The minimum Gasteiger partial charge on any atom is -0.495 e. The number of hydrogen-bond acceptors (Lipinski definition) is 4. The Kier molecular flexibility index (Phi) is 5.32. The van der Waals surface area contributed by atoms with Gasteiger partial charge in [0.25, 0.3) is 11.5 Å². The van der Waals surface area contributed by atoms with Gasteiger partial charge in [0.2, 0.25) is 0 Å². The molecule has 0 aliphatic carbocycles. The predicted octanol–water partition coefficient (Wildman–Crippen LogP) is 2.68. The number of aromatic nitrogens is 2. The van der Waals surface area contributed by atoms with Crippen LogP contribution >= 0.6 is 15.9 Å². The van der Waals surface area contributed by atoms with Crippen molar-refractivity contribution in [2.45, 2.75) is 19.9 Å². The molecule has 1 aromatic carbocycles. The Balaban J connectivity index is 2.28. The summed E-state index contributed by atoms with van der Waals surface area (Å²) in [4.78, 5) is 23.9. The van der Waals surface area contributed by atoms with Crippen molar-refractivity contribution >= 4 is 27.5 Å². The molecule has 0 bridgehead atoms. The Morgan fingerprint density at radius 2 is 2.14 bits per heavy atom. The normalized spacial score (nSPS) is 10.3. The summed E-state index contributed by atoms with van der Waals surface area (Å²) in [5, 5.41) is 6.81. The molecule has 0 aliphatic rings. The Morgan fingerprint density at radius 3 is 2.82 bits per heavy atom. The average Bonchev–Trinajstić information content (AvgIpc) is 2.50. The Bertz CT molecular complexity index is 743. The van der Waals surface area contributed by atoms with Crippen LogP contribution in [-0.4, -0.2) is 22.8 Å². The van der Waals surface area contributed by atoms with Crippen LogP contribution in [0.1, 0.15) is 23.8 Å². The summed E-state index contributed by atoms with van der Waals surface area (Å²) in [6.07, 6.45) is 0.761. The number of carbonyl (C=O) groups is 1. The van der Waals surface area contributed by atoms with E-state index in [4.69, 9.17) is 4.74 Å². The lowest BCUT2D eigenvalue weighted by Crippen LogP contribution is -2.26. The fourth-order valence-corrected chi connectivity index (χ4v) is 2.27. The number of aryl methyl sites for hydroxylation is 1. The van der Waals surface area contributed by atoms with Crippen molar-refractivity contribution in [1.82, 2.24) is 9.78 Å². The first-order valence-corrected chi connectivity index (χ1v) is 7.57. The SMILES string of the molecule is CCCn1nc(C(=O)Nc2cc(Br)ccc2OC)ccc1=O. The van der Waals surface area contributed by atoms with Crippen LogP contribution in [0.5, 0.6) is 5.75 Å². The molecule has 22 heavy (non-hydrogen) atoms. The molecule has 0 unspecified atom stereocenters. The number of anilines is 1. The average molecular weight is 366 g/mol. The number of carbonyl (C=O) groups excluding carboxylic acids is 1. The number of hydrogen-bond donors (Lipinski definition) is 1. The van der Waals surface area contributed by atoms with Gasteiger partial charge >= 0.3 is 0 Å². The van der Waals surface area contributed by atoms with Gasteiger partial charge in [0.15, 0.2) is 0 Å². The molecule has 7 heteroatoms. The second-order valence-electron chi connectivity index (χ2n) is 4.58. The molecule has 0 aliphatic heterocycles. The molecular formula is C15H16BrN3O3. The van der Waals surface area contributed by atoms with Gasteiger partial charge in [-0.2, -0.15) is 5.10 Å². The minimum absolute atomic E-state index is 0.176. The topological polar surface area (TPSA) is 73.2 Å². The molecule has 2 aromatic rings. The van der Waals surface area contributed by atoms with E-state index in [0.29, 0.717) is 18.0 Å². The van der Waals surface area contributed by atoms with E-state index in [1.54, 1.807) is 12.1 Å². The van der Waals surface area contributed by atoms with Crippen molar-refractivity contribution in [2.75, 3.05) is 12.4 Å². The first kappa shape index (κ1) is 16.2. The van der Waals surface area contributed by atoms with Crippen molar-refractivity contribution in [3.63, 3.8) is 0 Å². The van der Waals surface area contributed by atoms with Crippen LogP contribution in [0.3, 0.4) is 0 Å². The number of benzene rings is 1. The van der Waals surface area contributed by atoms with Gasteiger partial charge in [0, 0.05) is 17.1 Å². The zero-order valence-corrected chi connectivity index (χ0v) is 13.9. The highest BCUT2D eigenvalue weighted by atomic mass is 79.9. The van der Waals surface area contributed by atoms with Crippen LogP contribution in [-0.2, 0) is 6.54 Å². The fourth-order valence-electron chi connectivity index (χ4n) is 1.91. The van der Waals surface area contributed by atoms with E-state index < -0.39 is 5.91 Å². The highest BCUT2D eigenvalue weighted by Crippen LogP contribution is 2.28. The van der Waals surface area contributed by atoms with Crippen LogP contribution in [0.25, 0.3) is 0 Å². The van der Waals surface area contributed by atoms with E-state index in [0.717, 1.165) is 10.9 Å².